The zero-order valence-electron chi connectivity index (χ0n) is 11.7. The predicted molar refractivity (Wildman–Crippen MR) is 84.9 cm³/mol. The number of nitrogens with zero attached hydrogens (tertiary/aromatic N) is 1. The van der Waals surface area contributed by atoms with E-state index in [0.29, 0.717) is 23.2 Å². The normalized spacial score (nSPS) is 10.5. The molecule has 1 aromatic rings. The molecule has 0 atom stereocenters. The van der Waals surface area contributed by atoms with E-state index in [1.807, 2.05) is 0 Å². The summed E-state index contributed by atoms with van der Waals surface area (Å²) in [7, 11) is 1.62. The number of hydrogen-bond acceptors (Lipinski definition) is 2. The lowest BCUT2D eigenvalue weighted by Gasteiger charge is -2.18. The summed E-state index contributed by atoms with van der Waals surface area (Å²) in [6.45, 7) is 4.69. The van der Waals surface area contributed by atoms with Crippen molar-refractivity contribution in [3.8, 4) is 0 Å². The summed E-state index contributed by atoms with van der Waals surface area (Å²) in [6, 6.07) is 5.05. The van der Waals surface area contributed by atoms with E-state index in [1.54, 1.807) is 25.2 Å². The van der Waals surface area contributed by atoms with Gasteiger partial charge < -0.3 is 10.2 Å². The highest BCUT2D eigenvalue weighted by molar-refractivity contribution is 9.10. The van der Waals surface area contributed by atoms with Crippen molar-refractivity contribution in [1.82, 2.24) is 4.90 Å². The molecule has 4 nitrogen and oxygen atoms in total. The lowest BCUT2D eigenvalue weighted by Crippen LogP contribution is -2.38. The third kappa shape index (κ3) is 5.13. The number of benzene rings is 1. The topological polar surface area (TPSA) is 49.4 Å². The molecule has 6 heteroatoms. The van der Waals surface area contributed by atoms with Gasteiger partial charge in [0.15, 0.2) is 0 Å². The summed E-state index contributed by atoms with van der Waals surface area (Å²) >= 11 is 9.27. The minimum Gasteiger partial charge on any atom is -0.337 e. The van der Waals surface area contributed by atoms with Gasteiger partial charge in [0, 0.05) is 18.1 Å². The summed E-state index contributed by atoms with van der Waals surface area (Å²) in [6.07, 6.45) is 0.856. The molecule has 0 saturated heterocycles. The van der Waals surface area contributed by atoms with E-state index in [1.165, 1.54) is 4.90 Å². The van der Waals surface area contributed by atoms with E-state index in [0.717, 1.165) is 10.9 Å². The molecule has 0 aliphatic heterocycles. The van der Waals surface area contributed by atoms with Crippen LogP contribution in [0.15, 0.2) is 22.7 Å². The molecule has 0 heterocycles. The molecule has 0 aliphatic rings. The molecule has 110 valence electrons. The van der Waals surface area contributed by atoms with Gasteiger partial charge in [0.25, 0.3) is 0 Å². The Morgan fingerprint density at radius 2 is 2.05 bits per heavy atom. The van der Waals surface area contributed by atoms with Gasteiger partial charge in [-0.1, -0.05) is 41.4 Å². The molecule has 20 heavy (non-hydrogen) atoms. The van der Waals surface area contributed by atoms with E-state index >= 15 is 0 Å². The van der Waals surface area contributed by atoms with Crippen molar-refractivity contribution in [2.75, 3.05) is 18.9 Å². The van der Waals surface area contributed by atoms with E-state index in [4.69, 9.17) is 11.6 Å². The van der Waals surface area contributed by atoms with Crippen LogP contribution in [-0.2, 0) is 9.59 Å². The standard InChI is InChI=1S/C14H18BrClN2O2/c1-9(2)6-7-18(3)14(20)13(19)17-12-5-4-10(15)8-11(12)16/h4-5,8-9H,6-7H2,1-3H3,(H,17,19). The van der Waals surface area contributed by atoms with Crippen molar-refractivity contribution in [3.05, 3.63) is 27.7 Å². The van der Waals surface area contributed by atoms with Gasteiger partial charge in [0.2, 0.25) is 0 Å². The zero-order valence-corrected chi connectivity index (χ0v) is 14.1. The Morgan fingerprint density at radius 1 is 1.40 bits per heavy atom. The number of amides is 2. The molecule has 0 bridgehead atoms. The fourth-order valence-electron chi connectivity index (χ4n) is 1.49. The van der Waals surface area contributed by atoms with Crippen LogP contribution in [0, 0.1) is 5.92 Å². The molecular formula is C14H18BrClN2O2. The van der Waals surface area contributed by atoms with Crippen LogP contribution in [0.4, 0.5) is 5.69 Å². The molecule has 1 aromatic carbocycles. The van der Waals surface area contributed by atoms with Crippen molar-refractivity contribution in [2.24, 2.45) is 5.92 Å². The summed E-state index contributed by atoms with van der Waals surface area (Å²) in [5.41, 5.74) is 0.422. The second-order valence-corrected chi connectivity index (χ2v) is 6.31. The highest BCUT2D eigenvalue weighted by Crippen LogP contribution is 2.25. The quantitative estimate of drug-likeness (QED) is 0.834. The van der Waals surface area contributed by atoms with Gasteiger partial charge in [-0.2, -0.15) is 0 Å². The number of carbonyl (C=O) groups is 2. The van der Waals surface area contributed by atoms with Crippen LogP contribution in [0.3, 0.4) is 0 Å². The first kappa shape index (κ1) is 17.0. The van der Waals surface area contributed by atoms with Crippen LogP contribution in [0.1, 0.15) is 20.3 Å². The van der Waals surface area contributed by atoms with Gasteiger partial charge in [-0.25, -0.2) is 0 Å². The molecule has 2 amide bonds. The first-order chi connectivity index (χ1) is 9.31. The van der Waals surface area contributed by atoms with Crippen molar-refractivity contribution in [2.45, 2.75) is 20.3 Å². The first-order valence-corrected chi connectivity index (χ1v) is 7.50. The smallest absolute Gasteiger partial charge is 0.313 e. The zero-order chi connectivity index (χ0) is 15.3. The Balaban J connectivity index is 2.63. The fourth-order valence-corrected chi connectivity index (χ4v) is 2.21. The minimum absolute atomic E-state index is 0.380. The second kappa shape index (κ2) is 7.64. The Morgan fingerprint density at radius 3 is 2.60 bits per heavy atom. The molecular weight excluding hydrogens is 344 g/mol. The van der Waals surface area contributed by atoms with Gasteiger partial charge in [-0.05, 0) is 30.5 Å². The minimum atomic E-state index is -0.680. The second-order valence-electron chi connectivity index (χ2n) is 4.99. The summed E-state index contributed by atoms with van der Waals surface area (Å²) in [5.74, 6) is -0.764. The maximum atomic E-state index is 11.9. The number of likely N-dealkylation sites (N-methyl/N-ethyl adjacent to an activating group) is 1. The largest absolute Gasteiger partial charge is 0.337 e. The van der Waals surface area contributed by atoms with Crippen LogP contribution < -0.4 is 5.32 Å². The van der Waals surface area contributed by atoms with Crippen LogP contribution in [0.2, 0.25) is 5.02 Å². The molecule has 1 rings (SSSR count). The number of anilines is 1. The third-order valence-electron chi connectivity index (χ3n) is 2.76. The average Bonchev–Trinajstić information content (AvgIpc) is 2.38. The summed E-state index contributed by atoms with van der Waals surface area (Å²) < 4.78 is 0.806. The molecule has 1 N–H and O–H groups in total. The average molecular weight is 362 g/mol. The van der Waals surface area contributed by atoms with Crippen LogP contribution in [0.25, 0.3) is 0 Å². The lowest BCUT2D eigenvalue weighted by atomic mass is 10.1. The molecule has 0 aliphatic carbocycles. The number of rotatable bonds is 4. The van der Waals surface area contributed by atoms with Gasteiger partial charge in [-0.15, -0.1) is 0 Å². The Bertz CT molecular complexity index is 506. The van der Waals surface area contributed by atoms with E-state index < -0.39 is 11.8 Å². The van der Waals surface area contributed by atoms with Gasteiger partial charge >= 0.3 is 11.8 Å². The van der Waals surface area contributed by atoms with Crippen molar-refractivity contribution >= 4 is 45.0 Å². The molecule has 0 radical (unpaired) electrons. The van der Waals surface area contributed by atoms with E-state index in [2.05, 4.69) is 35.1 Å². The lowest BCUT2D eigenvalue weighted by molar-refractivity contribution is -0.142. The van der Waals surface area contributed by atoms with E-state index in [-0.39, 0.29) is 0 Å². The highest BCUT2D eigenvalue weighted by Gasteiger charge is 2.19. The van der Waals surface area contributed by atoms with Crippen LogP contribution >= 0.6 is 27.5 Å². The summed E-state index contributed by atoms with van der Waals surface area (Å²) in [4.78, 5) is 25.2. The monoisotopic (exact) mass is 360 g/mol. The van der Waals surface area contributed by atoms with Gasteiger partial charge in [0.1, 0.15) is 0 Å². The van der Waals surface area contributed by atoms with Crippen LogP contribution in [0.5, 0.6) is 0 Å². The molecule has 0 aromatic heterocycles. The van der Waals surface area contributed by atoms with Crippen molar-refractivity contribution < 1.29 is 9.59 Å². The molecule has 0 unspecified atom stereocenters. The highest BCUT2D eigenvalue weighted by atomic mass is 79.9. The predicted octanol–water partition coefficient (Wildman–Crippen LogP) is 3.55. The molecule has 0 saturated carbocycles. The maximum absolute atomic E-state index is 11.9. The van der Waals surface area contributed by atoms with Gasteiger partial charge in [-0.3, -0.25) is 9.59 Å². The number of nitrogens with one attached hydrogen (secondary N) is 1. The van der Waals surface area contributed by atoms with Crippen molar-refractivity contribution in [3.63, 3.8) is 0 Å². The number of hydrogen-bond donors (Lipinski definition) is 1. The van der Waals surface area contributed by atoms with Crippen molar-refractivity contribution in [1.29, 1.82) is 0 Å². The third-order valence-corrected chi connectivity index (χ3v) is 3.57. The maximum Gasteiger partial charge on any atom is 0.313 e. The molecule has 0 fully saturated rings. The Hall–Kier alpha value is -1.07. The summed E-state index contributed by atoms with van der Waals surface area (Å²) in [5, 5.41) is 2.90. The Kier molecular flexibility index (Phi) is 6.49. The number of halogens is 2. The SMILES string of the molecule is CC(C)CCN(C)C(=O)C(=O)Nc1ccc(Br)cc1Cl. The Labute approximate surface area is 132 Å². The van der Waals surface area contributed by atoms with Gasteiger partial charge in [0.05, 0.1) is 10.7 Å². The fraction of sp³-hybridized carbons (Fsp3) is 0.429. The number of carbonyl (C=O) groups excluding carboxylic acids is 2. The molecule has 0 spiro atoms. The first-order valence-electron chi connectivity index (χ1n) is 6.32. The van der Waals surface area contributed by atoms with E-state index in [9.17, 15) is 9.59 Å². The van der Waals surface area contributed by atoms with Crippen LogP contribution in [-0.4, -0.2) is 30.3 Å².